The highest BCUT2D eigenvalue weighted by molar-refractivity contribution is 5.97. The minimum atomic E-state index is -0.963. The topological polar surface area (TPSA) is 86.6 Å². The average Bonchev–Trinajstić information content (AvgIpc) is 2.43. The Morgan fingerprint density at radius 1 is 1.25 bits per heavy atom. The van der Waals surface area contributed by atoms with Crippen molar-refractivity contribution >= 4 is 11.9 Å². The molecule has 0 aliphatic carbocycles. The maximum absolute atomic E-state index is 12.1. The Bertz CT molecular complexity index is 507. The molecule has 0 saturated carbocycles. The third-order valence-electron chi connectivity index (χ3n) is 3.88. The maximum atomic E-state index is 12.1. The van der Waals surface area contributed by atoms with Crippen LogP contribution in [0.1, 0.15) is 42.6 Å². The monoisotopic (exact) mass is 279 g/mol. The third-order valence-corrected chi connectivity index (χ3v) is 3.88. The molecule has 1 aromatic rings. The molecule has 0 heterocycles. The normalized spacial score (nSPS) is 11.2. The van der Waals surface area contributed by atoms with Crippen LogP contribution in [0.2, 0.25) is 0 Å². The van der Waals surface area contributed by atoms with Gasteiger partial charge in [-0.05, 0) is 31.4 Å². The second-order valence-corrected chi connectivity index (χ2v) is 4.95. The molecule has 0 saturated heterocycles. The molecule has 0 fully saturated rings. The van der Waals surface area contributed by atoms with Crippen LogP contribution in [0.3, 0.4) is 0 Å². The zero-order chi connectivity index (χ0) is 15.3. The van der Waals surface area contributed by atoms with Crippen LogP contribution >= 0.6 is 0 Å². The van der Waals surface area contributed by atoms with Gasteiger partial charge in [0.1, 0.15) is 5.75 Å². The summed E-state index contributed by atoms with van der Waals surface area (Å²) in [6.45, 7) is 5.31. The minimum absolute atomic E-state index is 0.0432. The molecular formula is C15H21NO4. The molecule has 3 N–H and O–H groups in total. The van der Waals surface area contributed by atoms with Gasteiger partial charge in [0.15, 0.2) is 0 Å². The van der Waals surface area contributed by atoms with Crippen LogP contribution in [-0.4, -0.2) is 28.6 Å². The van der Waals surface area contributed by atoms with E-state index in [1.54, 1.807) is 32.9 Å². The molecule has 0 spiro atoms. The van der Waals surface area contributed by atoms with Gasteiger partial charge in [0.25, 0.3) is 5.91 Å². The standard InChI is InChI=1S/C15H21NO4/c1-4-15(5-2,14(19)20)9-16-13(18)11-8-6-7-10(3)12(11)17/h6-8,17H,4-5,9H2,1-3H3,(H,16,18)(H,19,20). The first-order chi connectivity index (χ1) is 9.38. The van der Waals surface area contributed by atoms with E-state index in [9.17, 15) is 19.8 Å². The molecule has 1 amide bonds. The molecule has 0 aromatic heterocycles. The quantitative estimate of drug-likeness (QED) is 0.746. The molecule has 1 rings (SSSR count). The lowest BCUT2D eigenvalue weighted by molar-refractivity contribution is -0.149. The zero-order valence-corrected chi connectivity index (χ0v) is 12.1. The van der Waals surface area contributed by atoms with Crippen molar-refractivity contribution in [3.05, 3.63) is 29.3 Å². The molecule has 1 aromatic carbocycles. The summed E-state index contributed by atoms with van der Waals surface area (Å²) in [6, 6.07) is 4.89. The number of aliphatic carboxylic acids is 1. The zero-order valence-electron chi connectivity index (χ0n) is 12.1. The van der Waals surface area contributed by atoms with Crippen molar-refractivity contribution in [3.63, 3.8) is 0 Å². The van der Waals surface area contributed by atoms with E-state index < -0.39 is 17.3 Å². The highest BCUT2D eigenvalue weighted by Crippen LogP contribution is 2.26. The first-order valence-corrected chi connectivity index (χ1v) is 6.68. The predicted molar refractivity (Wildman–Crippen MR) is 75.8 cm³/mol. The second-order valence-electron chi connectivity index (χ2n) is 4.95. The lowest BCUT2D eigenvalue weighted by Crippen LogP contribution is -2.42. The van der Waals surface area contributed by atoms with E-state index in [0.29, 0.717) is 18.4 Å². The van der Waals surface area contributed by atoms with Gasteiger partial charge in [0.2, 0.25) is 0 Å². The fourth-order valence-corrected chi connectivity index (χ4v) is 2.06. The number of benzene rings is 1. The Hall–Kier alpha value is -2.04. The van der Waals surface area contributed by atoms with Gasteiger partial charge in [-0.2, -0.15) is 0 Å². The first-order valence-electron chi connectivity index (χ1n) is 6.68. The molecule has 0 aliphatic rings. The Morgan fingerprint density at radius 2 is 1.85 bits per heavy atom. The molecular weight excluding hydrogens is 258 g/mol. The number of rotatable bonds is 6. The Kier molecular flexibility index (Phi) is 5.13. The number of hydrogen-bond donors (Lipinski definition) is 3. The number of carbonyl (C=O) groups is 2. The lowest BCUT2D eigenvalue weighted by Gasteiger charge is -2.26. The van der Waals surface area contributed by atoms with E-state index in [0.717, 1.165) is 0 Å². The molecule has 20 heavy (non-hydrogen) atoms. The molecule has 5 nitrogen and oxygen atoms in total. The molecule has 0 atom stereocenters. The van der Waals surface area contributed by atoms with Crippen LogP contribution in [0.4, 0.5) is 0 Å². The summed E-state index contributed by atoms with van der Waals surface area (Å²) in [5.74, 6) is -1.45. The third kappa shape index (κ3) is 3.10. The second kappa shape index (κ2) is 6.41. The maximum Gasteiger partial charge on any atom is 0.311 e. The summed E-state index contributed by atoms with van der Waals surface area (Å²) >= 11 is 0. The number of carboxylic acids is 1. The number of nitrogens with one attached hydrogen (secondary N) is 1. The van der Waals surface area contributed by atoms with Crippen LogP contribution in [-0.2, 0) is 4.79 Å². The van der Waals surface area contributed by atoms with E-state index >= 15 is 0 Å². The fourth-order valence-electron chi connectivity index (χ4n) is 2.06. The van der Waals surface area contributed by atoms with Gasteiger partial charge < -0.3 is 15.5 Å². The van der Waals surface area contributed by atoms with E-state index in [1.165, 1.54) is 6.07 Å². The van der Waals surface area contributed by atoms with E-state index in [-0.39, 0.29) is 17.9 Å². The number of carbonyl (C=O) groups excluding carboxylic acids is 1. The van der Waals surface area contributed by atoms with Gasteiger partial charge in [-0.25, -0.2) is 0 Å². The summed E-state index contributed by atoms with van der Waals surface area (Å²) in [6.07, 6.45) is 0.859. The number of hydrogen-bond acceptors (Lipinski definition) is 3. The Morgan fingerprint density at radius 3 is 2.35 bits per heavy atom. The first kappa shape index (κ1) is 16.0. The van der Waals surface area contributed by atoms with Crippen molar-refractivity contribution in [3.8, 4) is 5.75 Å². The number of amides is 1. The Balaban J connectivity index is 2.86. The highest BCUT2D eigenvalue weighted by atomic mass is 16.4. The summed E-state index contributed by atoms with van der Waals surface area (Å²) in [5, 5.41) is 21.8. The number of phenolic OH excluding ortho intramolecular Hbond substituents is 1. The van der Waals surface area contributed by atoms with E-state index in [1.807, 2.05) is 0 Å². The molecule has 0 bridgehead atoms. The van der Waals surface area contributed by atoms with Gasteiger partial charge in [0.05, 0.1) is 11.0 Å². The summed E-state index contributed by atoms with van der Waals surface area (Å²) in [5.41, 5.74) is -0.195. The number of aryl methyl sites for hydroxylation is 1. The van der Waals surface area contributed by atoms with Crippen molar-refractivity contribution in [1.82, 2.24) is 5.32 Å². The smallest absolute Gasteiger partial charge is 0.311 e. The number of aromatic hydroxyl groups is 1. The van der Waals surface area contributed by atoms with Crippen LogP contribution in [0, 0.1) is 12.3 Å². The largest absolute Gasteiger partial charge is 0.507 e. The highest BCUT2D eigenvalue weighted by Gasteiger charge is 2.35. The van der Waals surface area contributed by atoms with Crippen LogP contribution in [0.15, 0.2) is 18.2 Å². The van der Waals surface area contributed by atoms with Crippen LogP contribution in [0.5, 0.6) is 5.75 Å². The molecule has 5 heteroatoms. The molecule has 0 radical (unpaired) electrons. The molecule has 0 aliphatic heterocycles. The van der Waals surface area contributed by atoms with Gasteiger partial charge in [-0.15, -0.1) is 0 Å². The van der Waals surface area contributed by atoms with Crippen molar-refractivity contribution in [2.75, 3.05) is 6.54 Å². The number of carboxylic acid groups (broad SMARTS) is 1. The molecule has 110 valence electrons. The predicted octanol–water partition coefficient (Wildman–Crippen LogP) is 2.32. The fraction of sp³-hybridized carbons (Fsp3) is 0.467. The van der Waals surface area contributed by atoms with Crippen molar-refractivity contribution in [2.45, 2.75) is 33.6 Å². The average molecular weight is 279 g/mol. The summed E-state index contributed by atoms with van der Waals surface area (Å²) in [7, 11) is 0. The van der Waals surface area contributed by atoms with Gasteiger partial charge in [-0.1, -0.05) is 26.0 Å². The van der Waals surface area contributed by atoms with Gasteiger partial charge in [-0.3, -0.25) is 9.59 Å². The number of para-hydroxylation sites is 1. The summed E-state index contributed by atoms with van der Waals surface area (Å²) in [4.78, 5) is 23.4. The van der Waals surface area contributed by atoms with Gasteiger partial charge in [0, 0.05) is 6.54 Å². The van der Waals surface area contributed by atoms with Gasteiger partial charge >= 0.3 is 5.97 Å². The molecule has 0 unspecified atom stereocenters. The van der Waals surface area contributed by atoms with Crippen molar-refractivity contribution in [1.29, 1.82) is 0 Å². The van der Waals surface area contributed by atoms with Crippen molar-refractivity contribution < 1.29 is 19.8 Å². The SMILES string of the molecule is CCC(CC)(CNC(=O)c1cccc(C)c1O)C(=O)O. The van der Waals surface area contributed by atoms with Crippen LogP contribution in [0.25, 0.3) is 0 Å². The van der Waals surface area contributed by atoms with Crippen LogP contribution < -0.4 is 5.32 Å². The lowest BCUT2D eigenvalue weighted by atomic mass is 9.82. The summed E-state index contributed by atoms with van der Waals surface area (Å²) < 4.78 is 0. The van der Waals surface area contributed by atoms with Crippen molar-refractivity contribution in [2.24, 2.45) is 5.41 Å². The Labute approximate surface area is 118 Å². The van der Waals surface area contributed by atoms with E-state index in [2.05, 4.69) is 5.32 Å². The number of phenols is 1. The van der Waals surface area contributed by atoms with E-state index in [4.69, 9.17) is 0 Å². The minimum Gasteiger partial charge on any atom is -0.507 e.